The molecular formula is C103H101BN4. The lowest BCUT2D eigenvalue weighted by Crippen LogP contribution is -2.61. The third-order valence-corrected chi connectivity index (χ3v) is 20.2. The van der Waals surface area contributed by atoms with Crippen LogP contribution in [0, 0.1) is 27.1 Å². The maximum atomic E-state index is 10.3. The molecule has 0 radical (unpaired) electrons. The van der Waals surface area contributed by atoms with Gasteiger partial charge in [-0.3, -0.25) is 0 Å². The zero-order valence-electron chi connectivity index (χ0n) is 80.5. The van der Waals surface area contributed by atoms with Crippen molar-refractivity contribution in [1.29, 1.82) is 0 Å². The molecule has 0 unspecified atom stereocenters. The Morgan fingerprint density at radius 2 is 0.630 bits per heavy atom. The van der Waals surface area contributed by atoms with Gasteiger partial charge in [0.1, 0.15) is 0 Å². The van der Waals surface area contributed by atoms with Crippen LogP contribution in [0.25, 0.3) is 99.5 Å². The van der Waals surface area contributed by atoms with E-state index >= 15 is 0 Å². The second kappa shape index (κ2) is 26.5. The van der Waals surface area contributed by atoms with Gasteiger partial charge in [0.2, 0.25) is 0 Å². The number of hydrogen-bond donors (Lipinski definition) is 0. The first-order valence-corrected chi connectivity index (χ1v) is 37.8. The van der Waals surface area contributed by atoms with Crippen LogP contribution in [-0.2, 0) is 31.9 Å². The first-order valence-electron chi connectivity index (χ1n) is 45.8. The fraction of sp³-hybridized carbons (Fsp3) is 0.243. The minimum atomic E-state index is -1.94. The van der Waals surface area contributed by atoms with Crippen molar-refractivity contribution in [1.82, 2.24) is 9.13 Å². The largest absolute Gasteiger partial charge is 0.310 e. The van der Waals surface area contributed by atoms with Crippen LogP contribution < -0.4 is 26.2 Å². The van der Waals surface area contributed by atoms with E-state index in [0.717, 1.165) is 55.6 Å². The lowest BCUT2D eigenvalue weighted by molar-refractivity contribution is 0.411. The fourth-order valence-electron chi connectivity index (χ4n) is 16.6. The molecule has 0 bridgehead atoms. The Bertz CT molecular complexity index is 6380. The summed E-state index contributed by atoms with van der Waals surface area (Å²) in [6.45, 7) is 28.4. The molecule has 108 heavy (non-hydrogen) atoms. The van der Waals surface area contributed by atoms with Crippen molar-refractivity contribution >= 4 is 101 Å². The first-order chi connectivity index (χ1) is 58.1. The molecule has 0 N–H and O–H groups in total. The first kappa shape index (κ1) is 53.8. The Balaban J connectivity index is 1.10. The zero-order chi connectivity index (χ0) is 89.1. The molecule has 2 aliphatic heterocycles. The van der Waals surface area contributed by atoms with Crippen molar-refractivity contribution < 1.29 is 21.9 Å². The van der Waals surface area contributed by atoms with Gasteiger partial charge in [0.25, 0.3) is 6.71 Å². The molecule has 4 heterocycles. The number of hydrogen-bond acceptors (Lipinski definition) is 2. The van der Waals surface area contributed by atoms with E-state index in [9.17, 15) is 21.9 Å². The van der Waals surface area contributed by atoms with Crippen molar-refractivity contribution in [3.05, 3.63) is 307 Å². The van der Waals surface area contributed by atoms with E-state index in [1.807, 2.05) is 214 Å². The molecule has 0 saturated carbocycles. The molecule has 0 spiro atoms. The quantitative estimate of drug-likeness (QED) is 0.107. The summed E-state index contributed by atoms with van der Waals surface area (Å²) in [5, 5.41) is 1.31. The standard InChI is InChI=1S/C103H101BN4/c1-99(2,3)62-67-44-50-90-84(52-67)78-40-28-30-42-88(78)105(90)76-46-48-86-92(60-76)107(97-80(72-32-20-16-21-33-72)54-69(64-101(7,8)9)55-81(97)73-34-22-17-23-35-73)94-58-71(66-103(13,14)15)59-95-96(94)104(86)87-49-47-77(106-89-43-31-29-41-79(89)85-53-68(45-51-91(85)106)63-100(4,5)6)61-93(87)108(95)98-82(74-36-24-18-25-37-74)56-70(65-102(10,11)12)57-83(98)75-38-26-19-27-39-75/h16-61H,62-66H2,1-15H3/i28D,29D,30D,31D,40D,41D,42D,43D,62D2,63D2,64D2,65D2. The van der Waals surface area contributed by atoms with Crippen LogP contribution in [0.3, 0.4) is 0 Å². The van der Waals surface area contributed by atoms with E-state index in [-0.39, 0.29) is 46.0 Å². The van der Waals surface area contributed by atoms with E-state index in [1.54, 1.807) is 24.3 Å². The molecule has 5 heteroatoms. The van der Waals surface area contributed by atoms with Gasteiger partial charge in [-0.2, -0.15) is 0 Å². The minimum absolute atomic E-state index is 0.186. The number of aromatic nitrogens is 2. The zero-order valence-corrected chi connectivity index (χ0v) is 64.5. The summed E-state index contributed by atoms with van der Waals surface area (Å²) in [6.07, 6.45) is -7.17. The predicted octanol–water partition coefficient (Wildman–Crippen LogP) is 26.6. The highest BCUT2D eigenvalue weighted by Crippen LogP contribution is 2.55. The fourth-order valence-corrected chi connectivity index (χ4v) is 16.6. The lowest BCUT2D eigenvalue weighted by Gasteiger charge is -2.46. The second-order valence-corrected chi connectivity index (χ2v) is 34.8. The van der Waals surface area contributed by atoms with Crippen molar-refractivity contribution in [2.45, 2.75) is 136 Å². The lowest BCUT2D eigenvalue weighted by atomic mass is 9.33. The van der Waals surface area contributed by atoms with Gasteiger partial charge < -0.3 is 18.9 Å². The molecule has 0 fully saturated rings. The molecule has 17 rings (SSSR count). The maximum absolute atomic E-state index is 10.3. The van der Waals surface area contributed by atoms with Crippen LogP contribution in [-0.4, -0.2) is 15.8 Å². The van der Waals surface area contributed by atoms with Crippen LogP contribution in [0.2, 0.25) is 0 Å². The Hall–Kier alpha value is -10.9. The molecule has 536 valence electrons. The highest BCUT2D eigenvalue weighted by Gasteiger charge is 2.46. The van der Waals surface area contributed by atoms with Gasteiger partial charge in [-0.05, 0) is 222 Å². The summed E-state index contributed by atoms with van der Waals surface area (Å²) < 4.78 is 161. The molecule has 0 aliphatic carbocycles. The molecule has 13 aromatic carbocycles. The minimum Gasteiger partial charge on any atom is -0.310 e. The van der Waals surface area contributed by atoms with Gasteiger partial charge in [0.15, 0.2) is 0 Å². The van der Waals surface area contributed by atoms with Crippen molar-refractivity contribution in [2.75, 3.05) is 9.80 Å². The molecule has 0 saturated heterocycles. The third kappa shape index (κ3) is 13.3. The average molecular weight is 1420 g/mol. The molecular weight excluding hydrogens is 1300 g/mol. The van der Waals surface area contributed by atoms with Crippen LogP contribution in [0.15, 0.2) is 279 Å². The van der Waals surface area contributed by atoms with Crippen LogP contribution in [0.1, 0.15) is 154 Å². The Kier molecular flexibility index (Phi) is 13.2. The van der Waals surface area contributed by atoms with Crippen LogP contribution in [0.5, 0.6) is 0 Å². The van der Waals surface area contributed by atoms with E-state index in [4.69, 9.17) is 0 Å². The molecule has 4 nitrogen and oxygen atoms in total. The normalized spacial score (nSPS) is 15.9. The van der Waals surface area contributed by atoms with Gasteiger partial charge in [-0.25, -0.2) is 0 Å². The molecule has 2 aromatic heterocycles. The highest BCUT2D eigenvalue weighted by molar-refractivity contribution is 7.00. The van der Waals surface area contributed by atoms with Gasteiger partial charge in [0, 0.05) is 88.9 Å². The van der Waals surface area contributed by atoms with Crippen molar-refractivity contribution in [3.8, 4) is 55.9 Å². The Morgan fingerprint density at radius 1 is 0.296 bits per heavy atom. The topological polar surface area (TPSA) is 16.3 Å². The molecule has 15 aromatic rings. The van der Waals surface area contributed by atoms with Crippen LogP contribution in [0.4, 0.5) is 34.1 Å². The van der Waals surface area contributed by atoms with Crippen molar-refractivity contribution in [3.63, 3.8) is 0 Å². The summed E-state index contributed by atoms with van der Waals surface area (Å²) in [6, 6.07) is 73.2. The summed E-state index contributed by atoms with van der Waals surface area (Å²) in [5.41, 5.74) is 13.5. The smallest absolute Gasteiger partial charge is 0.252 e. The number of benzene rings is 13. The maximum Gasteiger partial charge on any atom is 0.252 e. The van der Waals surface area contributed by atoms with Gasteiger partial charge >= 0.3 is 0 Å². The summed E-state index contributed by atoms with van der Waals surface area (Å²) in [4.78, 5) is 4.69. The van der Waals surface area contributed by atoms with Gasteiger partial charge in [-0.1, -0.05) is 286 Å². The summed E-state index contributed by atoms with van der Waals surface area (Å²) >= 11 is 0. The number of anilines is 6. The van der Waals surface area contributed by atoms with E-state index in [2.05, 4.69) is 116 Å². The number of nitrogens with zero attached hydrogens (tertiary/aromatic N) is 4. The number of fused-ring (bicyclic) bond motifs is 10. The van der Waals surface area contributed by atoms with Crippen LogP contribution >= 0.6 is 0 Å². The number of para-hydroxylation sites is 2. The SMILES string of the molecule is [2H]c1c([2H])c([2H])c2c(c1[2H])c1cc(C([2H])([2H])C(C)(C)C)ccc1n2-c1ccc2c(c1)N(c1c(-c3ccccc3)cc(C([2H])([2H])C(C)(C)C)cc1-c1ccccc1)c1cc(CC(C)(C)C)cc3c1B2c1ccc(-n2c4ccc(C([2H])([2H])C(C)(C)C)cc4c4c([2H])c([2H])c([2H])c([2H])c42)cc1N3c1c(-c2ccccc2)cc(C([2H])([2H])C(C)(C)C)cc1-c1ccccc1. The monoisotopic (exact) mass is 1420 g/mol. The summed E-state index contributed by atoms with van der Waals surface area (Å²) in [5.74, 6) is 0. The Morgan fingerprint density at radius 3 is 0.963 bits per heavy atom. The van der Waals surface area contributed by atoms with E-state index in [0.29, 0.717) is 107 Å². The Labute approximate surface area is 664 Å². The predicted molar refractivity (Wildman–Crippen MR) is 467 cm³/mol. The van der Waals surface area contributed by atoms with Gasteiger partial charge in [0.05, 0.1) is 44.4 Å². The molecule has 0 amide bonds. The van der Waals surface area contributed by atoms with Gasteiger partial charge in [-0.15, -0.1) is 0 Å². The number of rotatable bonds is 13. The molecule has 2 aliphatic rings. The highest BCUT2D eigenvalue weighted by atomic mass is 15.2. The molecule has 0 atom stereocenters. The van der Waals surface area contributed by atoms with Crippen molar-refractivity contribution in [2.24, 2.45) is 27.1 Å². The summed E-state index contributed by atoms with van der Waals surface area (Å²) in [7, 11) is 0. The third-order valence-electron chi connectivity index (χ3n) is 20.2. The van der Waals surface area contributed by atoms with E-state index in [1.165, 1.54) is 0 Å². The average Bonchev–Trinajstić information content (AvgIpc) is 1.01. The van der Waals surface area contributed by atoms with E-state index < -0.39 is 83.4 Å². The second-order valence-electron chi connectivity index (χ2n) is 34.8.